The maximum Gasteiger partial charge on any atom is 0.321 e. The average Bonchev–Trinajstić information content (AvgIpc) is 2.73. The molecule has 1 saturated heterocycles. The molecule has 3 amide bonds. The van der Waals surface area contributed by atoms with Gasteiger partial charge in [-0.2, -0.15) is 4.31 Å². The first-order valence-electron chi connectivity index (χ1n) is 10.6. The van der Waals surface area contributed by atoms with Gasteiger partial charge in [0.25, 0.3) is 5.91 Å². The van der Waals surface area contributed by atoms with E-state index in [0.717, 1.165) is 0 Å². The van der Waals surface area contributed by atoms with Crippen LogP contribution in [0.15, 0.2) is 29.2 Å². The first-order valence-corrected chi connectivity index (χ1v) is 12.0. The molecule has 0 radical (unpaired) electrons. The molecule has 1 aromatic carbocycles. The Hall–Kier alpha value is -2.66. The van der Waals surface area contributed by atoms with Crippen LogP contribution in [0.3, 0.4) is 0 Å². The molecular formula is C21H31N3O7S. The minimum absolute atomic E-state index is 0.148. The monoisotopic (exact) mass is 469 g/mol. The third kappa shape index (κ3) is 6.92. The molecular weight excluding hydrogens is 438 g/mol. The molecule has 1 aliphatic heterocycles. The number of hydrogen-bond donors (Lipinski definition) is 2. The van der Waals surface area contributed by atoms with Crippen molar-refractivity contribution in [3.63, 3.8) is 0 Å². The van der Waals surface area contributed by atoms with Gasteiger partial charge in [-0.1, -0.05) is 0 Å². The Balaban J connectivity index is 1.87. The third-order valence-corrected chi connectivity index (χ3v) is 6.79. The minimum atomic E-state index is -3.69. The summed E-state index contributed by atoms with van der Waals surface area (Å²) in [6.07, 6.45) is -0.597. The zero-order valence-corrected chi connectivity index (χ0v) is 19.6. The molecule has 1 aliphatic rings. The van der Waals surface area contributed by atoms with Crippen molar-refractivity contribution in [3.8, 4) is 5.75 Å². The van der Waals surface area contributed by atoms with Crippen molar-refractivity contribution >= 4 is 27.9 Å². The second-order valence-electron chi connectivity index (χ2n) is 7.78. The van der Waals surface area contributed by atoms with Gasteiger partial charge in [0.2, 0.25) is 10.0 Å². The van der Waals surface area contributed by atoms with E-state index in [2.05, 4.69) is 10.6 Å². The van der Waals surface area contributed by atoms with E-state index in [1.807, 2.05) is 6.92 Å². The average molecular weight is 470 g/mol. The fourth-order valence-corrected chi connectivity index (χ4v) is 4.66. The quantitative estimate of drug-likeness (QED) is 0.554. The standard InChI is InChI=1S/C21H31N3O7S/c1-5-30-17-6-8-18(9-7-17)32(28,29)24-12-10-16(11-13-24)20(26)31-15(4)19(25)23-21(27)22-14(2)3/h6-9,14-16H,5,10-13H2,1-4H3,(H2,22,23,25,27). The molecule has 32 heavy (non-hydrogen) atoms. The van der Waals surface area contributed by atoms with Crippen LogP contribution in [-0.2, 0) is 24.3 Å². The van der Waals surface area contributed by atoms with Gasteiger partial charge < -0.3 is 14.8 Å². The van der Waals surface area contributed by atoms with E-state index in [1.165, 1.54) is 23.4 Å². The van der Waals surface area contributed by atoms with Crippen molar-refractivity contribution in [3.05, 3.63) is 24.3 Å². The third-order valence-electron chi connectivity index (χ3n) is 4.88. The number of rotatable bonds is 8. The van der Waals surface area contributed by atoms with Crippen LogP contribution in [-0.4, -0.2) is 62.5 Å². The molecule has 0 spiro atoms. The Labute approximate surface area is 188 Å². The molecule has 0 aliphatic carbocycles. The van der Waals surface area contributed by atoms with E-state index in [4.69, 9.17) is 9.47 Å². The Morgan fingerprint density at radius 1 is 1.09 bits per heavy atom. The molecule has 0 saturated carbocycles. The van der Waals surface area contributed by atoms with Gasteiger partial charge in [-0.05, 0) is 64.8 Å². The van der Waals surface area contributed by atoms with Crippen molar-refractivity contribution in [2.24, 2.45) is 5.92 Å². The molecule has 11 heteroatoms. The van der Waals surface area contributed by atoms with Crippen LogP contribution >= 0.6 is 0 Å². The summed E-state index contributed by atoms with van der Waals surface area (Å²) in [6, 6.07) is 5.39. The summed E-state index contributed by atoms with van der Waals surface area (Å²) in [5.74, 6) is -1.25. The summed E-state index contributed by atoms with van der Waals surface area (Å²) in [6.45, 7) is 7.52. The number of carbonyl (C=O) groups is 3. The molecule has 178 valence electrons. The maximum atomic E-state index is 12.9. The van der Waals surface area contributed by atoms with E-state index in [0.29, 0.717) is 12.4 Å². The predicted octanol–water partition coefficient (Wildman–Crippen LogP) is 1.65. The SMILES string of the molecule is CCOc1ccc(S(=O)(=O)N2CCC(C(=O)OC(C)C(=O)NC(=O)NC(C)C)CC2)cc1. The van der Waals surface area contributed by atoms with E-state index in [1.54, 1.807) is 26.0 Å². The molecule has 2 N–H and O–H groups in total. The van der Waals surface area contributed by atoms with Gasteiger partial charge >= 0.3 is 12.0 Å². The number of amides is 3. The van der Waals surface area contributed by atoms with Crippen molar-refractivity contribution in [2.75, 3.05) is 19.7 Å². The predicted molar refractivity (Wildman–Crippen MR) is 116 cm³/mol. The summed E-state index contributed by atoms with van der Waals surface area (Å²) in [4.78, 5) is 36.2. The topological polar surface area (TPSA) is 131 Å². The number of ether oxygens (including phenoxy) is 2. The van der Waals surface area contributed by atoms with Crippen LogP contribution in [0.5, 0.6) is 5.75 Å². The first-order chi connectivity index (χ1) is 15.0. The molecule has 1 unspecified atom stereocenters. The minimum Gasteiger partial charge on any atom is -0.494 e. The van der Waals surface area contributed by atoms with Crippen LogP contribution in [0.2, 0.25) is 0 Å². The molecule has 1 fully saturated rings. The van der Waals surface area contributed by atoms with E-state index < -0.39 is 40.0 Å². The number of benzene rings is 1. The van der Waals surface area contributed by atoms with Gasteiger partial charge in [-0.25, -0.2) is 13.2 Å². The van der Waals surface area contributed by atoms with E-state index in [9.17, 15) is 22.8 Å². The van der Waals surface area contributed by atoms with Crippen LogP contribution in [0.1, 0.15) is 40.5 Å². The van der Waals surface area contributed by atoms with Crippen LogP contribution in [0, 0.1) is 5.92 Å². The van der Waals surface area contributed by atoms with E-state index in [-0.39, 0.29) is 36.9 Å². The molecule has 1 heterocycles. The van der Waals surface area contributed by atoms with Gasteiger partial charge in [0.15, 0.2) is 6.10 Å². The van der Waals surface area contributed by atoms with Crippen molar-refractivity contribution in [1.29, 1.82) is 0 Å². The van der Waals surface area contributed by atoms with Crippen LogP contribution in [0.25, 0.3) is 0 Å². The normalized spacial score (nSPS) is 16.3. The fraction of sp³-hybridized carbons (Fsp3) is 0.571. The number of piperidine rings is 1. The van der Waals surface area contributed by atoms with Gasteiger partial charge in [0.1, 0.15) is 5.75 Å². The highest BCUT2D eigenvalue weighted by atomic mass is 32.2. The smallest absolute Gasteiger partial charge is 0.321 e. The molecule has 10 nitrogen and oxygen atoms in total. The van der Waals surface area contributed by atoms with Crippen molar-refractivity contribution in [1.82, 2.24) is 14.9 Å². The number of nitrogens with zero attached hydrogens (tertiary/aromatic N) is 1. The summed E-state index contributed by atoms with van der Waals surface area (Å²) in [5, 5.41) is 4.62. The number of esters is 1. The maximum absolute atomic E-state index is 12.9. The van der Waals surface area contributed by atoms with E-state index >= 15 is 0 Å². The number of sulfonamides is 1. The Morgan fingerprint density at radius 2 is 1.69 bits per heavy atom. The molecule has 0 bridgehead atoms. The lowest BCUT2D eigenvalue weighted by Crippen LogP contribution is -2.47. The van der Waals surface area contributed by atoms with Crippen molar-refractivity contribution < 1.29 is 32.3 Å². The molecule has 1 atom stereocenters. The highest BCUT2D eigenvalue weighted by Gasteiger charge is 2.34. The van der Waals surface area contributed by atoms with Gasteiger partial charge in [0, 0.05) is 19.1 Å². The number of hydrogen-bond acceptors (Lipinski definition) is 7. The summed E-state index contributed by atoms with van der Waals surface area (Å²) >= 11 is 0. The summed E-state index contributed by atoms with van der Waals surface area (Å²) < 4.78 is 37.6. The molecule has 2 rings (SSSR count). The lowest BCUT2D eigenvalue weighted by Gasteiger charge is -2.30. The number of imide groups is 1. The van der Waals surface area contributed by atoms with Crippen LogP contribution in [0.4, 0.5) is 4.79 Å². The highest BCUT2D eigenvalue weighted by Crippen LogP contribution is 2.26. The Kier molecular flexibility index (Phi) is 9.02. The first kappa shape index (κ1) is 25.6. The second kappa shape index (κ2) is 11.3. The largest absolute Gasteiger partial charge is 0.494 e. The zero-order valence-electron chi connectivity index (χ0n) is 18.8. The summed E-state index contributed by atoms with van der Waals surface area (Å²) in [5.41, 5.74) is 0. The number of urea groups is 1. The Morgan fingerprint density at radius 3 is 2.22 bits per heavy atom. The van der Waals surface area contributed by atoms with Crippen LogP contribution < -0.4 is 15.4 Å². The van der Waals surface area contributed by atoms with Gasteiger partial charge in [0.05, 0.1) is 17.4 Å². The number of carbonyl (C=O) groups excluding carboxylic acids is 3. The second-order valence-corrected chi connectivity index (χ2v) is 9.72. The van der Waals surface area contributed by atoms with Gasteiger partial charge in [-0.15, -0.1) is 0 Å². The summed E-state index contributed by atoms with van der Waals surface area (Å²) in [7, 11) is -3.69. The van der Waals surface area contributed by atoms with Crippen molar-refractivity contribution in [2.45, 2.75) is 57.6 Å². The lowest BCUT2D eigenvalue weighted by molar-refractivity contribution is -0.159. The van der Waals surface area contributed by atoms with Gasteiger partial charge in [-0.3, -0.25) is 14.9 Å². The molecule has 1 aromatic rings. The Bertz CT molecular complexity index is 908. The number of nitrogens with one attached hydrogen (secondary N) is 2. The highest BCUT2D eigenvalue weighted by molar-refractivity contribution is 7.89. The molecule has 0 aromatic heterocycles. The fourth-order valence-electron chi connectivity index (χ4n) is 3.19. The lowest BCUT2D eigenvalue weighted by atomic mass is 9.98. The zero-order chi connectivity index (χ0) is 23.9.